The molecule has 0 unspecified atom stereocenters. The summed E-state index contributed by atoms with van der Waals surface area (Å²) in [6.07, 6.45) is 6.68. The highest BCUT2D eigenvalue weighted by Gasteiger charge is 2.39. The van der Waals surface area contributed by atoms with E-state index in [1.165, 1.54) is 35.2 Å². The molecule has 0 spiro atoms. The number of rotatable bonds is 2. The summed E-state index contributed by atoms with van der Waals surface area (Å²) in [7, 11) is 0. The summed E-state index contributed by atoms with van der Waals surface area (Å²) in [6, 6.07) is 23.3. The van der Waals surface area contributed by atoms with Crippen molar-refractivity contribution in [1.29, 1.82) is 10.5 Å². The van der Waals surface area contributed by atoms with Crippen molar-refractivity contribution in [2.75, 3.05) is 18.0 Å². The third kappa shape index (κ3) is 3.61. The van der Waals surface area contributed by atoms with E-state index in [-0.39, 0.29) is 10.8 Å². The van der Waals surface area contributed by atoms with Gasteiger partial charge in [-0.25, -0.2) is 0 Å². The Balaban J connectivity index is 1.49. The predicted molar refractivity (Wildman–Crippen MR) is 154 cm³/mol. The van der Waals surface area contributed by atoms with Crippen LogP contribution in [0.3, 0.4) is 0 Å². The van der Waals surface area contributed by atoms with Crippen LogP contribution in [0.25, 0.3) is 33.7 Å². The molecular formula is C34H31N3. The number of nitriles is 2. The molecule has 0 saturated heterocycles. The van der Waals surface area contributed by atoms with Crippen LogP contribution in [0, 0.1) is 22.7 Å². The Morgan fingerprint density at radius 2 is 1.19 bits per heavy atom. The Morgan fingerprint density at radius 3 is 1.76 bits per heavy atom. The normalized spacial score (nSPS) is 17.5. The molecule has 0 atom stereocenters. The lowest BCUT2D eigenvalue weighted by Crippen LogP contribution is -2.44. The molecule has 0 aromatic heterocycles. The average molecular weight is 482 g/mol. The number of hydrogen-bond donors (Lipinski definition) is 0. The SMILES string of the molecule is CC1(C)CCN2CCC(C)(C)c3cc(/C=C\c4ccc5c(C#N)c6ccccc6c(C#N)c5c4)cc1c32. The molecule has 2 aliphatic heterocycles. The molecule has 0 radical (unpaired) electrons. The van der Waals surface area contributed by atoms with Gasteiger partial charge in [-0.15, -0.1) is 0 Å². The first-order chi connectivity index (χ1) is 17.7. The van der Waals surface area contributed by atoms with E-state index in [9.17, 15) is 10.5 Å². The largest absolute Gasteiger partial charge is 0.371 e. The van der Waals surface area contributed by atoms with Gasteiger partial charge in [0.15, 0.2) is 0 Å². The van der Waals surface area contributed by atoms with Crippen LogP contribution in [0.5, 0.6) is 0 Å². The van der Waals surface area contributed by atoms with Gasteiger partial charge in [0.05, 0.1) is 11.1 Å². The van der Waals surface area contributed by atoms with Gasteiger partial charge < -0.3 is 4.90 Å². The van der Waals surface area contributed by atoms with Gasteiger partial charge in [0.25, 0.3) is 0 Å². The van der Waals surface area contributed by atoms with Crippen molar-refractivity contribution in [3.05, 3.63) is 88.0 Å². The highest BCUT2D eigenvalue weighted by Crippen LogP contribution is 2.49. The molecule has 6 rings (SSSR count). The van der Waals surface area contributed by atoms with Crippen LogP contribution in [0.1, 0.15) is 73.9 Å². The molecule has 0 bridgehead atoms. The summed E-state index contributed by atoms with van der Waals surface area (Å²) < 4.78 is 0. The third-order valence-corrected chi connectivity index (χ3v) is 8.66. The molecule has 4 aromatic rings. The summed E-state index contributed by atoms with van der Waals surface area (Å²) in [4.78, 5) is 2.60. The molecule has 4 aromatic carbocycles. The zero-order valence-corrected chi connectivity index (χ0v) is 22.0. The number of nitrogens with zero attached hydrogens (tertiary/aromatic N) is 3. The minimum Gasteiger partial charge on any atom is -0.371 e. The number of benzene rings is 4. The maximum absolute atomic E-state index is 10.0. The molecule has 0 amide bonds. The second-order valence-corrected chi connectivity index (χ2v) is 11.9. The van der Waals surface area contributed by atoms with Crippen molar-refractivity contribution in [3.63, 3.8) is 0 Å². The molecular weight excluding hydrogens is 450 g/mol. The topological polar surface area (TPSA) is 50.8 Å². The van der Waals surface area contributed by atoms with Crippen LogP contribution in [-0.4, -0.2) is 13.1 Å². The van der Waals surface area contributed by atoms with Gasteiger partial charge >= 0.3 is 0 Å². The van der Waals surface area contributed by atoms with Gasteiger partial charge in [0, 0.05) is 40.3 Å². The first-order valence-electron chi connectivity index (χ1n) is 13.1. The van der Waals surface area contributed by atoms with Crippen LogP contribution < -0.4 is 4.90 Å². The molecule has 182 valence electrons. The van der Waals surface area contributed by atoms with E-state index in [2.05, 4.69) is 75.1 Å². The van der Waals surface area contributed by atoms with E-state index in [0.717, 1.165) is 40.2 Å². The Labute approximate surface area is 219 Å². The van der Waals surface area contributed by atoms with Crippen LogP contribution in [0.4, 0.5) is 5.69 Å². The highest BCUT2D eigenvalue weighted by molar-refractivity contribution is 6.09. The fourth-order valence-electron chi connectivity index (χ4n) is 6.29. The van der Waals surface area contributed by atoms with E-state index >= 15 is 0 Å². The second kappa shape index (κ2) is 8.22. The lowest BCUT2D eigenvalue weighted by Gasteiger charge is -2.48. The molecule has 2 aliphatic rings. The van der Waals surface area contributed by atoms with Crippen molar-refractivity contribution in [3.8, 4) is 12.1 Å². The molecule has 0 aliphatic carbocycles. The van der Waals surface area contributed by atoms with Crippen molar-refractivity contribution >= 4 is 39.4 Å². The van der Waals surface area contributed by atoms with Crippen LogP contribution in [-0.2, 0) is 10.8 Å². The Kier molecular flexibility index (Phi) is 5.18. The van der Waals surface area contributed by atoms with Crippen molar-refractivity contribution < 1.29 is 0 Å². The van der Waals surface area contributed by atoms with Gasteiger partial charge in [-0.1, -0.05) is 76.2 Å². The smallest absolute Gasteiger partial charge is 0.100 e. The monoisotopic (exact) mass is 481 g/mol. The summed E-state index contributed by atoms with van der Waals surface area (Å²) in [5.41, 5.74) is 8.17. The van der Waals surface area contributed by atoms with E-state index in [0.29, 0.717) is 11.1 Å². The first-order valence-corrected chi connectivity index (χ1v) is 13.1. The van der Waals surface area contributed by atoms with Gasteiger partial charge in [0.1, 0.15) is 12.1 Å². The standard InChI is InChI=1S/C34H31N3/c1-33(2)13-15-37-16-14-34(3,4)31-19-23(18-30(33)32(31)37)10-9-22-11-12-26-27(17-22)29(21-36)25-8-6-5-7-24(25)28(26)20-35/h5-12,17-19H,13-16H2,1-4H3/b10-9-. The third-order valence-electron chi connectivity index (χ3n) is 8.66. The highest BCUT2D eigenvalue weighted by atomic mass is 15.2. The Bertz CT molecular complexity index is 1660. The lowest BCUT2D eigenvalue weighted by atomic mass is 9.69. The zero-order valence-electron chi connectivity index (χ0n) is 22.0. The van der Waals surface area contributed by atoms with E-state index in [4.69, 9.17) is 0 Å². The quantitative estimate of drug-likeness (QED) is 0.215. The van der Waals surface area contributed by atoms with Crippen LogP contribution in [0.2, 0.25) is 0 Å². The maximum Gasteiger partial charge on any atom is 0.100 e. The lowest BCUT2D eigenvalue weighted by molar-refractivity contribution is 0.401. The fraction of sp³-hybridized carbons (Fsp3) is 0.294. The maximum atomic E-state index is 10.0. The number of hydrogen-bond acceptors (Lipinski definition) is 3. The zero-order chi connectivity index (χ0) is 25.9. The van der Waals surface area contributed by atoms with E-state index in [1.807, 2.05) is 36.4 Å². The summed E-state index contributed by atoms with van der Waals surface area (Å²) in [5.74, 6) is 0. The van der Waals surface area contributed by atoms with E-state index in [1.54, 1.807) is 0 Å². The fourth-order valence-corrected chi connectivity index (χ4v) is 6.29. The number of fused-ring (bicyclic) bond motifs is 2. The van der Waals surface area contributed by atoms with Gasteiger partial charge in [0.2, 0.25) is 0 Å². The summed E-state index contributed by atoms with van der Waals surface area (Å²) in [5, 5.41) is 23.3. The Morgan fingerprint density at radius 1 is 0.676 bits per heavy atom. The predicted octanol–water partition coefficient (Wildman–Crippen LogP) is 8.08. The molecule has 3 nitrogen and oxygen atoms in total. The van der Waals surface area contributed by atoms with Gasteiger partial charge in [-0.3, -0.25) is 0 Å². The van der Waals surface area contributed by atoms with Crippen molar-refractivity contribution in [2.24, 2.45) is 0 Å². The van der Waals surface area contributed by atoms with Crippen LogP contribution in [0.15, 0.2) is 54.6 Å². The minimum atomic E-state index is 0.150. The van der Waals surface area contributed by atoms with Crippen molar-refractivity contribution in [2.45, 2.75) is 51.4 Å². The molecule has 37 heavy (non-hydrogen) atoms. The van der Waals surface area contributed by atoms with E-state index < -0.39 is 0 Å². The number of anilines is 1. The molecule has 0 N–H and O–H groups in total. The molecule has 3 heteroatoms. The average Bonchev–Trinajstić information content (AvgIpc) is 2.89. The van der Waals surface area contributed by atoms with Gasteiger partial charge in [-0.2, -0.15) is 10.5 Å². The second-order valence-electron chi connectivity index (χ2n) is 11.9. The molecule has 0 fully saturated rings. The Hall–Kier alpha value is -4.08. The molecule has 0 saturated carbocycles. The summed E-state index contributed by atoms with van der Waals surface area (Å²) in [6.45, 7) is 11.8. The van der Waals surface area contributed by atoms with Gasteiger partial charge in [-0.05, 0) is 64.1 Å². The molecule has 2 heterocycles. The van der Waals surface area contributed by atoms with Crippen molar-refractivity contribution in [1.82, 2.24) is 0 Å². The summed E-state index contributed by atoms with van der Waals surface area (Å²) >= 11 is 0. The minimum absolute atomic E-state index is 0.150. The first kappa shape index (κ1) is 23.3. The van der Waals surface area contributed by atoms with Crippen LogP contribution >= 0.6 is 0 Å².